The Morgan fingerprint density at radius 1 is 1.33 bits per heavy atom. The minimum absolute atomic E-state index is 0.338. The lowest BCUT2D eigenvalue weighted by Crippen LogP contribution is -2.28. The normalized spacial score (nSPS) is 15.0. The molecule has 1 aliphatic rings. The summed E-state index contributed by atoms with van der Waals surface area (Å²) in [6.45, 7) is 2.36. The Hall–Kier alpha value is -2.21. The lowest BCUT2D eigenvalue weighted by Gasteiger charge is -2.21. The number of nitrogens with one attached hydrogen (secondary N) is 2. The van der Waals surface area contributed by atoms with E-state index in [1.54, 1.807) is 0 Å². The molecule has 2 aromatic rings. The molecule has 0 radical (unpaired) electrons. The molecule has 21 heavy (non-hydrogen) atoms. The smallest absolute Gasteiger partial charge is 0.266 e. The van der Waals surface area contributed by atoms with Gasteiger partial charge in [-0.1, -0.05) is 6.07 Å². The van der Waals surface area contributed by atoms with Crippen molar-refractivity contribution < 1.29 is 4.79 Å². The Balaban J connectivity index is 0.000000173. The van der Waals surface area contributed by atoms with E-state index in [0.29, 0.717) is 5.69 Å². The van der Waals surface area contributed by atoms with E-state index >= 15 is 0 Å². The molecule has 0 aliphatic carbocycles. The molecule has 112 valence electrons. The van der Waals surface area contributed by atoms with Crippen molar-refractivity contribution in [2.24, 2.45) is 11.7 Å². The summed E-state index contributed by atoms with van der Waals surface area (Å²) in [5.74, 6) is 0.360. The van der Waals surface area contributed by atoms with E-state index in [2.05, 4.69) is 32.4 Å². The molecule has 1 saturated heterocycles. The minimum Gasteiger partial charge on any atom is -0.364 e. The number of carbonyl (C=O) groups is 1. The van der Waals surface area contributed by atoms with Gasteiger partial charge < -0.3 is 16.0 Å². The number of imidazole rings is 1. The molecule has 4 N–H and O–H groups in total. The van der Waals surface area contributed by atoms with Gasteiger partial charge in [-0.25, -0.2) is 4.98 Å². The molecule has 1 fully saturated rings. The molecule has 6 nitrogen and oxygen atoms in total. The first-order chi connectivity index (χ1) is 10.3. The third-order valence-electron chi connectivity index (χ3n) is 3.45. The van der Waals surface area contributed by atoms with Gasteiger partial charge in [-0.2, -0.15) is 0 Å². The molecule has 0 atom stereocenters. The monoisotopic (exact) mass is 287 g/mol. The molecule has 0 saturated carbocycles. The van der Waals surface area contributed by atoms with Crippen molar-refractivity contribution in [3.63, 3.8) is 0 Å². The molecule has 1 amide bonds. The van der Waals surface area contributed by atoms with E-state index in [1.165, 1.54) is 44.1 Å². The second-order valence-corrected chi connectivity index (χ2v) is 5.05. The first-order valence-electron chi connectivity index (χ1n) is 7.14. The van der Waals surface area contributed by atoms with Crippen molar-refractivity contribution in [2.75, 3.05) is 13.1 Å². The van der Waals surface area contributed by atoms with Crippen LogP contribution in [0.3, 0.4) is 0 Å². The lowest BCUT2D eigenvalue weighted by atomic mass is 9.93. The number of nitrogens with zero attached hydrogens (tertiary/aromatic N) is 2. The molecule has 0 aromatic carbocycles. The van der Waals surface area contributed by atoms with E-state index in [4.69, 9.17) is 5.73 Å². The number of amides is 1. The maximum atomic E-state index is 10.2. The van der Waals surface area contributed by atoms with Gasteiger partial charge in [0, 0.05) is 11.9 Å². The Kier molecular flexibility index (Phi) is 5.90. The second-order valence-electron chi connectivity index (χ2n) is 5.05. The summed E-state index contributed by atoms with van der Waals surface area (Å²) in [6.07, 6.45) is 8.43. The summed E-state index contributed by atoms with van der Waals surface area (Å²) in [4.78, 5) is 20.7. The summed E-state index contributed by atoms with van der Waals surface area (Å²) >= 11 is 0. The largest absolute Gasteiger partial charge is 0.364 e. The van der Waals surface area contributed by atoms with Gasteiger partial charge in [0.15, 0.2) is 0 Å². The molecule has 0 spiro atoms. The fraction of sp³-hybridized carbons (Fsp3) is 0.400. The first-order valence-corrected chi connectivity index (χ1v) is 7.14. The summed E-state index contributed by atoms with van der Waals surface area (Å²) in [7, 11) is 0. The van der Waals surface area contributed by atoms with Crippen LogP contribution in [0.25, 0.3) is 0 Å². The number of primary amides is 1. The number of nitrogens with two attached hydrogens (primary N) is 1. The standard InChI is InChI=1S/C11H16N2.C4H5N3O/c1-2-6-13-11(3-1)9-10-4-7-12-8-5-10;5-4(8)3-1-6-2-7-3/h1-3,6,10,12H,4-5,7-9H2;1-2H,(H2,5,8)(H,6,7). The highest BCUT2D eigenvalue weighted by Crippen LogP contribution is 2.16. The van der Waals surface area contributed by atoms with Crippen LogP contribution in [0.2, 0.25) is 0 Å². The van der Waals surface area contributed by atoms with E-state index in [-0.39, 0.29) is 0 Å². The van der Waals surface area contributed by atoms with Crippen LogP contribution in [0.15, 0.2) is 36.9 Å². The number of pyridine rings is 1. The molecule has 0 unspecified atom stereocenters. The molecule has 0 bridgehead atoms. The topological polar surface area (TPSA) is 96.7 Å². The van der Waals surface area contributed by atoms with Gasteiger partial charge in [0.05, 0.1) is 12.5 Å². The Morgan fingerprint density at radius 3 is 2.67 bits per heavy atom. The van der Waals surface area contributed by atoms with Crippen LogP contribution in [0.5, 0.6) is 0 Å². The van der Waals surface area contributed by atoms with Crippen LogP contribution in [-0.4, -0.2) is 33.9 Å². The molecule has 2 aromatic heterocycles. The van der Waals surface area contributed by atoms with Crippen LogP contribution in [0, 0.1) is 5.92 Å². The summed E-state index contributed by atoms with van der Waals surface area (Å²) in [6, 6.07) is 6.18. The average molecular weight is 287 g/mol. The summed E-state index contributed by atoms with van der Waals surface area (Å²) in [5, 5.41) is 3.38. The van der Waals surface area contributed by atoms with Crippen LogP contribution in [-0.2, 0) is 6.42 Å². The van der Waals surface area contributed by atoms with Gasteiger partial charge in [0.1, 0.15) is 5.69 Å². The zero-order valence-corrected chi connectivity index (χ0v) is 12.0. The summed E-state index contributed by atoms with van der Waals surface area (Å²) in [5.41, 5.74) is 6.43. The Morgan fingerprint density at radius 2 is 2.14 bits per heavy atom. The Labute approximate surface area is 124 Å². The zero-order chi connectivity index (χ0) is 14.9. The van der Waals surface area contributed by atoms with Crippen molar-refractivity contribution in [1.82, 2.24) is 20.3 Å². The second kappa shape index (κ2) is 8.16. The third-order valence-corrected chi connectivity index (χ3v) is 3.45. The fourth-order valence-corrected chi connectivity index (χ4v) is 2.29. The number of rotatable bonds is 3. The number of carbonyl (C=O) groups excluding carboxylic acids is 1. The predicted molar refractivity (Wildman–Crippen MR) is 80.6 cm³/mol. The van der Waals surface area contributed by atoms with E-state index in [0.717, 1.165) is 12.3 Å². The lowest BCUT2D eigenvalue weighted by molar-refractivity contribution is 0.0996. The quantitative estimate of drug-likeness (QED) is 0.788. The highest BCUT2D eigenvalue weighted by Gasteiger charge is 2.13. The van der Waals surface area contributed by atoms with Crippen molar-refractivity contribution in [1.29, 1.82) is 0 Å². The van der Waals surface area contributed by atoms with Crippen LogP contribution >= 0.6 is 0 Å². The van der Waals surface area contributed by atoms with Gasteiger partial charge in [-0.05, 0) is 50.4 Å². The summed E-state index contributed by atoms with van der Waals surface area (Å²) < 4.78 is 0. The van der Waals surface area contributed by atoms with E-state index < -0.39 is 5.91 Å². The SMILES string of the molecule is NC(=O)c1cnc[nH]1.c1ccc(CC2CCNCC2)nc1. The van der Waals surface area contributed by atoms with Gasteiger partial charge in [-0.15, -0.1) is 0 Å². The molecular weight excluding hydrogens is 266 g/mol. The number of aromatic amines is 1. The minimum atomic E-state index is -0.484. The van der Waals surface area contributed by atoms with Crippen LogP contribution < -0.4 is 11.1 Å². The maximum Gasteiger partial charge on any atom is 0.266 e. The molecule has 3 rings (SSSR count). The van der Waals surface area contributed by atoms with Crippen molar-refractivity contribution in [3.05, 3.63) is 48.3 Å². The van der Waals surface area contributed by atoms with Gasteiger partial charge in [0.25, 0.3) is 5.91 Å². The highest BCUT2D eigenvalue weighted by molar-refractivity contribution is 5.90. The molecular formula is C15H21N5O. The number of aromatic nitrogens is 3. The van der Waals surface area contributed by atoms with E-state index in [9.17, 15) is 4.79 Å². The number of hydrogen-bond donors (Lipinski definition) is 3. The van der Waals surface area contributed by atoms with Crippen molar-refractivity contribution in [2.45, 2.75) is 19.3 Å². The van der Waals surface area contributed by atoms with Gasteiger partial charge >= 0.3 is 0 Å². The van der Waals surface area contributed by atoms with E-state index in [1.807, 2.05) is 12.3 Å². The fourth-order valence-electron chi connectivity index (χ4n) is 2.29. The van der Waals surface area contributed by atoms with Gasteiger partial charge in [-0.3, -0.25) is 9.78 Å². The highest BCUT2D eigenvalue weighted by atomic mass is 16.1. The molecule has 1 aliphatic heterocycles. The average Bonchev–Trinajstić information content (AvgIpc) is 3.05. The maximum absolute atomic E-state index is 10.2. The first kappa shape index (κ1) is 15.2. The number of piperidine rings is 1. The number of H-pyrrole nitrogens is 1. The Bertz CT molecular complexity index is 520. The predicted octanol–water partition coefficient (Wildman–Crippen LogP) is 1.13. The zero-order valence-electron chi connectivity index (χ0n) is 12.0. The van der Waals surface area contributed by atoms with Crippen molar-refractivity contribution >= 4 is 5.91 Å². The molecule has 3 heterocycles. The van der Waals surface area contributed by atoms with Crippen molar-refractivity contribution in [3.8, 4) is 0 Å². The molecule has 6 heteroatoms. The van der Waals surface area contributed by atoms with Crippen LogP contribution in [0.1, 0.15) is 29.0 Å². The third kappa shape index (κ3) is 5.35. The van der Waals surface area contributed by atoms with Crippen LogP contribution in [0.4, 0.5) is 0 Å². The van der Waals surface area contributed by atoms with Gasteiger partial charge in [0.2, 0.25) is 0 Å². The number of hydrogen-bond acceptors (Lipinski definition) is 4.